The molecule has 11 heteroatoms. The Morgan fingerprint density at radius 3 is 1.37 bits per heavy atom. The van der Waals surface area contributed by atoms with E-state index in [0.29, 0.717) is 0 Å². The molecule has 3 aromatic rings. The van der Waals surface area contributed by atoms with E-state index in [0.717, 1.165) is 0 Å². The summed E-state index contributed by atoms with van der Waals surface area (Å²) in [7, 11) is 2.82. The number of hydrogen-bond acceptors (Lipinski definition) is 11. The van der Waals surface area contributed by atoms with Crippen LogP contribution in [0, 0.1) is 0 Å². The van der Waals surface area contributed by atoms with Crippen molar-refractivity contribution in [1.82, 2.24) is 30.9 Å². The van der Waals surface area contributed by atoms with Gasteiger partial charge in [0.25, 0.3) is 11.8 Å². The zero-order chi connectivity index (χ0) is 13.2. The summed E-state index contributed by atoms with van der Waals surface area (Å²) in [6.07, 6.45) is 0. The Hall–Kier alpha value is -2.98. The van der Waals surface area contributed by atoms with E-state index in [9.17, 15) is 0 Å². The second-order valence-corrected chi connectivity index (χ2v) is 3.21. The molecule has 0 saturated carbocycles. The van der Waals surface area contributed by atoms with Crippen molar-refractivity contribution < 1.29 is 23.4 Å². The van der Waals surface area contributed by atoms with Gasteiger partial charge < -0.3 is 9.47 Å². The fraction of sp³-hybridized carbons (Fsp3) is 0.250. The number of aromatic nitrogens is 6. The lowest BCUT2D eigenvalue weighted by Gasteiger charge is -1.95. The number of methoxy groups -OCH3 is 2. The van der Waals surface area contributed by atoms with Crippen LogP contribution in [-0.4, -0.2) is 45.2 Å². The van der Waals surface area contributed by atoms with Crippen LogP contribution < -0.4 is 9.47 Å². The molecule has 0 saturated heterocycles. The number of ether oxygens (including phenoxy) is 2. The van der Waals surface area contributed by atoms with Crippen LogP contribution >= 0.6 is 0 Å². The van der Waals surface area contributed by atoms with Crippen molar-refractivity contribution in [2.75, 3.05) is 14.2 Å². The largest absolute Gasteiger partial charge is 0.477 e. The molecule has 0 N–H and O–H groups in total. The van der Waals surface area contributed by atoms with Crippen molar-refractivity contribution in [3.05, 3.63) is 0 Å². The van der Waals surface area contributed by atoms with Gasteiger partial charge in [0.2, 0.25) is 11.4 Å². The van der Waals surface area contributed by atoms with Crippen LogP contribution in [0.3, 0.4) is 0 Å². The third kappa shape index (κ3) is 1.67. The molecule has 0 radical (unpaired) electrons. The highest BCUT2D eigenvalue weighted by Gasteiger charge is 2.27. The van der Waals surface area contributed by atoms with Gasteiger partial charge in [-0.15, -0.1) is 0 Å². The standard InChI is InChI=1S/C8H6N6O5/c1-15-7-5(11-18-13-7)3-4(10-17-9-3)6-8(16-2)14-19-12-6/h1-2H3. The fourth-order valence-corrected chi connectivity index (χ4v) is 1.42. The Balaban J connectivity index is 2.13. The molecule has 11 nitrogen and oxygen atoms in total. The normalized spacial score (nSPS) is 10.6. The molecule has 0 amide bonds. The molecule has 0 bridgehead atoms. The first-order valence-corrected chi connectivity index (χ1v) is 4.91. The van der Waals surface area contributed by atoms with E-state index in [4.69, 9.17) is 9.47 Å². The van der Waals surface area contributed by atoms with Crippen molar-refractivity contribution in [2.45, 2.75) is 0 Å². The van der Waals surface area contributed by atoms with Gasteiger partial charge in [-0.25, -0.2) is 13.9 Å². The van der Waals surface area contributed by atoms with Crippen molar-refractivity contribution >= 4 is 0 Å². The molecule has 0 spiro atoms. The van der Waals surface area contributed by atoms with E-state index in [-0.39, 0.29) is 34.5 Å². The molecule has 0 aliphatic rings. The Bertz CT molecular complexity index is 630. The van der Waals surface area contributed by atoms with Crippen LogP contribution in [0.15, 0.2) is 13.9 Å². The third-order valence-electron chi connectivity index (χ3n) is 2.24. The summed E-state index contributed by atoms with van der Waals surface area (Å²) in [5, 5.41) is 21.8. The van der Waals surface area contributed by atoms with Gasteiger partial charge in [-0.2, -0.15) is 0 Å². The summed E-state index contributed by atoms with van der Waals surface area (Å²) in [5.74, 6) is 0.264. The van der Waals surface area contributed by atoms with E-state index < -0.39 is 0 Å². The van der Waals surface area contributed by atoms with Gasteiger partial charge in [-0.3, -0.25) is 0 Å². The van der Waals surface area contributed by atoms with Crippen LogP contribution in [0.25, 0.3) is 22.8 Å². The quantitative estimate of drug-likeness (QED) is 0.639. The second-order valence-electron chi connectivity index (χ2n) is 3.21. The van der Waals surface area contributed by atoms with Gasteiger partial charge in [0.15, 0.2) is 11.4 Å². The molecule has 98 valence electrons. The van der Waals surface area contributed by atoms with E-state index in [1.54, 1.807) is 0 Å². The number of rotatable bonds is 4. The summed E-state index contributed by atoms with van der Waals surface area (Å²) in [6, 6.07) is 0. The average Bonchev–Trinajstić information content (AvgIpc) is 3.16. The van der Waals surface area contributed by atoms with Crippen LogP contribution in [0.5, 0.6) is 11.8 Å². The first-order chi connectivity index (χ1) is 9.35. The summed E-state index contributed by atoms with van der Waals surface area (Å²) in [4.78, 5) is 0. The Morgan fingerprint density at radius 2 is 0.947 bits per heavy atom. The highest BCUT2D eigenvalue weighted by atomic mass is 16.6. The monoisotopic (exact) mass is 266 g/mol. The van der Waals surface area contributed by atoms with Gasteiger partial charge in [0, 0.05) is 0 Å². The molecule has 0 atom stereocenters. The average molecular weight is 266 g/mol. The predicted octanol–water partition coefficient (Wildman–Crippen LogP) is 0.187. The minimum absolute atomic E-state index is 0.132. The molecular formula is C8H6N6O5. The lowest BCUT2D eigenvalue weighted by atomic mass is 10.2. The van der Waals surface area contributed by atoms with Gasteiger partial charge in [0.1, 0.15) is 0 Å². The van der Waals surface area contributed by atoms with Gasteiger partial charge in [-0.05, 0) is 30.9 Å². The van der Waals surface area contributed by atoms with E-state index in [1.165, 1.54) is 14.2 Å². The molecular weight excluding hydrogens is 260 g/mol. The van der Waals surface area contributed by atoms with Crippen LogP contribution in [0.2, 0.25) is 0 Å². The highest BCUT2D eigenvalue weighted by molar-refractivity contribution is 5.77. The molecule has 3 heterocycles. The zero-order valence-electron chi connectivity index (χ0n) is 9.72. The maximum Gasteiger partial charge on any atom is 0.285 e. The summed E-state index contributed by atoms with van der Waals surface area (Å²) in [6.45, 7) is 0. The molecule has 0 aromatic carbocycles. The highest BCUT2D eigenvalue weighted by Crippen LogP contribution is 2.34. The van der Waals surface area contributed by atoms with Crippen molar-refractivity contribution in [1.29, 1.82) is 0 Å². The minimum atomic E-state index is 0.132. The molecule has 0 fully saturated rings. The first-order valence-electron chi connectivity index (χ1n) is 4.91. The Kier molecular flexibility index (Phi) is 2.55. The lowest BCUT2D eigenvalue weighted by Crippen LogP contribution is -1.91. The maximum absolute atomic E-state index is 4.97. The second kappa shape index (κ2) is 4.36. The van der Waals surface area contributed by atoms with Crippen LogP contribution in [0.4, 0.5) is 0 Å². The number of nitrogens with zero attached hydrogens (tertiary/aromatic N) is 6. The summed E-state index contributed by atoms with van der Waals surface area (Å²) >= 11 is 0. The molecule has 0 aliphatic heterocycles. The van der Waals surface area contributed by atoms with Crippen LogP contribution in [-0.2, 0) is 0 Å². The zero-order valence-corrected chi connectivity index (χ0v) is 9.72. The van der Waals surface area contributed by atoms with Gasteiger partial charge >= 0.3 is 0 Å². The molecule has 0 aliphatic carbocycles. The Labute approximate surface area is 104 Å². The predicted molar refractivity (Wildman–Crippen MR) is 54.0 cm³/mol. The van der Waals surface area contributed by atoms with Gasteiger partial charge in [0.05, 0.1) is 14.2 Å². The van der Waals surface area contributed by atoms with Crippen molar-refractivity contribution in [3.8, 4) is 34.5 Å². The van der Waals surface area contributed by atoms with E-state index in [1.807, 2.05) is 0 Å². The topological polar surface area (TPSA) is 135 Å². The van der Waals surface area contributed by atoms with Crippen molar-refractivity contribution in [2.24, 2.45) is 0 Å². The maximum atomic E-state index is 4.97. The van der Waals surface area contributed by atoms with E-state index >= 15 is 0 Å². The minimum Gasteiger partial charge on any atom is -0.477 e. The first kappa shape index (κ1) is 11.1. The smallest absolute Gasteiger partial charge is 0.285 e. The molecule has 3 rings (SSSR count). The third-order valence-corrected chi connectivity index (χ3v) is 2.24. The summed E-state index contributed by atoms with van der Waals surface area (Å²) < 4.78 is 23.7. The number of hydrogen-bond donors (Lipinski definition) is 0. The SMILES string of the molecule is COc1nonc1-c1nonc1-c1nonc1OC. The Morgan fingerprint density at radius 1 is 0.579 bits per heavy atom. The fourth-order valence-electron chi connectivity index (χ4n) is 1.42. The molecule has 3 aromatic heterocycles. The summed E-state index contributed by atoms with van der Waals surface area (Å²) in [5.41, 5.74) is 0.854. The van der Waals surface area contributed by atoms with E-state index in [2.05, 4.69) is 44.8 Å². The lowest BCUT2D eigenvalue weighted by molar-refractivity contribution is 0.281. The van der Waals surface area contributed by atoms with Gasteiger partial charge in [-0.1, -0.05) is 0 Å². The molecule has 19 heavy (non-hydrogen) atoms. The van der Waals surface area contributed by atoms with Crippen molar-refractivity contribution in [3.63, 3.8) is 0 Å². The van der Waals surface area contributed by atoms with Crippen LogP contribution in [0.1, 0.15) is 0 Å². The molecule has 0 unspecified atom stereocenters.